The van der Waals surface area contributed by atoms with Crippen LogP contribution in [0.25, 0.3) is 0 Å². The van der Waals surface area contributed by atoms with E-state index in [-0.39, 0.29) is 23.1 Å². The summed E-state index contributed by atoms with van der Waals surface area (Å²) in [6.07, 6.45) is 4.94. The standard InChI is InChI=1S/C23H32O3/c1-14(2)17-12-16-8-9-20-22(4,19(16)13-18(17)15(3)24)10-7-11-23(20,5)21(25)26-6/h12-14,20H,7-11H2,1-6H3/t20-,22+,23-/m1/s1. The minimum atomic E-state index is -0.438. The van der Waals surface area contributed by atoms with E-state index in [9.17, 15) is 9.59 Å². The Balaban J connectivity index is 2.17. The molecule has 1 aromatic carbocycles. The molecule has 0 aliphatic heterocycles. The van der Waals surface area contributed by atoms with E-state index in [2.05, 4.69) is 39.8 Å². The summed E-state index contributed by atoms with van der Waals surface area (Å²) in [7, 11) is 1.50. The molecule has 26 heavy (non-hydrogen) atoms. The van der Waals surface area contributed by atoms with Gasteiger partial charge in [-0.15, -0.1) is 0 Å². The van der Waals surface area contributed by atoms with E-state index in [1.807, 2.05) is 0 Å². The Labute approximate surface area is 157 Å². The summed E-state index contributed by atoms with van der Waals surface area (Å²) in [5, 5.41) is 0. The second kappa shape index (κ2) is 6.51. The molecule has 0 amide bonds. The molecule has 0 spiro atoms. The van der Waals surface area contributed by atoms with Crippen molar-refractivity contribution in [3.05, 3.63) is 34.4 Å². The van der Waals surface area contributed by atoms with Crippen molar-refractivity contribution in [1.82, 2.24) is 0 Å². The van der Waals surface area contributed by atoms with Gasteiger partial charge in [-0.2, -0.15) is 0 Å². The summed E-state index contributed by atoms with van der Waals surface area (Å²) in [5.74, 6) is 0.640. The van der Waals surface area contributed by atoms with Gasteiger partial charge in [0.15, 0.2) is 5.78 Å². The molecular formula is C23H32O3. The summed E-state index contributed by atoms with van der Waals surface area (Å²) in [6, 6.07) is 4.42. The topological polar surface area (TPSA) is 43.4 Å². The van der Waals surface area contributed by atoms with E-state index in [0.29, 0.717) is 5.92 Å². The Bertz CT molecular complexity index is 748. The van der Waals surface area contributed by atoms with Crippen LogP contribution in [-0.2, 0) is 21.4 Å². The molecule has 2 aliphatic carbocycles. The second-order valence-corrected chi connectivity index (χ2v) is 9.08. The fourth-order valence-corrected chi connectivity index (χ4v) is 5.80. The highest BCUT2D eigenvalue weighted by atomic mass is 16.5. The molecule has 1 saturated carbocycles. The summed E-state index contributed by atoms with van der Waals surface area (Å²) in [6.45, 7) is 10.3. The van der Waals surface area contributed by atoms with Crippen molar-refractivity contribution < 1.29 is 14.3 Å². The number of rotatable bonds is 3. The van der Waals surface area contributed by atoms with Gasteiger partial charge < -0.3 is 4.74 Å². The normalized spacial score (nSPS) is 30.5. The molecule has 1 aromatic rings. The Kier molecular flexibility index (Phi) is 4.79. The van der Waals surface area contributed by atoms with Gasteiger partial charge in [0, 0.05) is 5.56 Å². The number of ketones is 1. The van der Waals surface area contributed by atoms with Crippen LogP contribution in [-0.4, -0.2) is 18.9 Å². The summed E-state index contributed by atoms with van der Waals surface area (Å²) < 4.78 is 5.19. The van der Waals surface area contributed by atoms with E-state index in [1.54, 1.807) is 6.92 Å². The predicted octanol–water partition coefficient (Wildman–Crippen LogP) is 5.20. The van der Waals surface area contributed by atoms with Gasteiger partial charge in [-0.1, -0.05) is 33.3 Å². The lowest BCUT2D eigenvalue weighted by atomic mass is 9.49. The van der Waals surface area contributed by atoms with Gasteiger partial charge in [-0.3, -0.25) is 9.59 Å². The average molecular weight is 357 g/mol. The van der Waals surface area contributed by atoms with Gasteiger partial charge in [0.1, 0.15) is 0 Å². The summed E-state index contributed by atoms with van der Waals surface area (Å²) >= 11 is 0. The van der Waals surface area contributed by atoms with Gasteiger partial charge >= 0.3 is 5.97 Å². The van der Waals surface area contributed by atoms with E-state index >= 15 is 0 Å². The molecule has 0 saturated heterocycles. The number of hydrogen-bond acceptors (Lipinski definition) is 3. The number of hydrogen-bond donors (Lipinski definition) is 0. The first kappa shape index (κ1) is 19.1. The lowest BCUT2D eigenvalue weighted by Crippen LogP contribution is -2.52. The number of carbonyl (C=O) groups is 2. The Morgan fingerprint density at radius 2 is 1.88 bits per heavy atom. The van der Waals surface area contributed by atoms with Crippen molar-refractivity contribution in [3.8, 4) is 0 Å². The molecular weight excluding hydrogens is 324 g/mol. The molecule has 0 aromatic heterocycles. The fraction of sp³-hybridized carbons (Fsp3) is 0.652. The SMILES string of the molecule is COC(=O)[C@]1(C)CCC[C@@]2(C)c3cc(C(C)=O)c(C(C)C)cc3CC[C@@H]12. The van der Waals surface area contributed by atoms with Gasteiger partial charge in [0.05, 0.1) is 12.5 Å². The number of benzene rings is 1. The fourth-order valence-electron chi connectivity index (χ4n) is 5.80. The zero-order valence-corrected chi connectivity index (χ0v) is 17.1. The Morgan fingerprint density at radius 1 is 1.19 bits per heavy atom. The van der Waals surface area contributed by atoms with Crippen molar-refractivity contribution >= 4 is 11.8 Å². The zero-order chi connectivity index (χ0) is 19.3. The maximum atomic E-state index is 12.6. The average Bonchev–Trinajstić information content (AvgIpc) is 2.59. The molecule has 3 nitrogen and oxygen atoms in total. The number of esters is 1. The highest BCUT2D eigenvalue weighted by Crippen LogP contribution is 2.58. The van der Waals surface area contributed by atoms with Crippen LogP contribution < -0.4 is 0 Å². The largest absolute Gasteiger partial charge is 0.469 e. The van der Waals surface area contributed by atoms with Crippen LogP contribution in [0.15, 0.2) is 12.1 Å². The van der Waals surface area contributed by atoms with Crippen LogP contribution in [0.2, 0.25) is 0 Å². The van der Waals surface area contributed by atoms with Crippen LogP contribution in [0.1, 0.15) is 93.3 Å². The van der Waals surface area contributed by atoms with Crippen LogP contribution >= 0.6 is 0 Å². The molecule has 0 heterocycles. The summed E-state index contributed by atoms with van der Waals surface area (Å²) in [5.41, 5.74) is 4.15. The first-order valence-corrected chi connectivity index (χ1v) is 9.91. The van der Waals surface area contributed by atoms with Gasteiger partial charge in [0.2, 0.25) is 0 Å². The number of fused-ring (bicyclic) bond motifs is 3. The smallest absolute Gasteiger partial charge is 0.311 e. The molecule has 0 unspecified atom stereocenters. The molecule has 0 radical (unpaired) electrons. The van der Waals surface area contributed by atoms with Crippen molar-refractivity contribution in [2.24, 2.45) is 11.3 Å². The molecule has 1 fully saturated rings. The van der Waals surface area contributed by atoms with E-state index in [1.165, 1.54) is 18.2 Å². The second-order valence-electron chi connectivity index (χ2n) is 9.08. The third-order valence-electron chi connectivity index (χ3n) is 7.18. The van der Waals surface area contributed by atoms with Crippen LogP contribution in [0.5, 0.6) is 0 Å². The van der Waals surface area contributed by atoms with E-state index in [0.717, 1.165) is 43.2 Å². The monoisotopic (exact) mass is 356 g/mol. The van der Waals surface area contributed by atoms with Crippen LogP contribution in [0.3, 0.4) is 0 Å². The highest BCUT2D eigenvalue weighted by Gasteiger charge is 2.55. The molecule has 0 N–H and O–H groups in total. The van der Waals surface area contributed by atoms with Gasteiger partial charge in [0.25, 0.3) is 0 Å². The van der Waals surface area contributed by atoms with Gasteiger partial charge in [-0.25, -0.2) is 0 Å². The molecule has 142 valence electrons. The quantitative estimate of drug-likeness (QED) is 0.552. The van der Waals surface area contributed by atoms with Gasteiger partial charge in [-0.05, 0) is 79.5 Å². The van der Waals surface area contributed by atoms with Crippen molar-refractivity contribution in [1.29, 1.82) is 0 Å². The molecule has 2 aliphatic rings. The number of methoxy groups -OCH3 is 1. The van der Waals surface area contributed by atoms with E-state index < -0.39 is 5.41 Å². The number of ether oxygens (including phenoxy) is 1. The first-order chi connectivity index (χ1) is 12.1. The lowest BCUT2D eigenvalue weighted by Gasteiger charge is -2.54. The summed E-state index contributed by atoms with van der Waals surface area (Å²) in [4.78, 5) is 25.0. The lowest BCUT2D eigenvalue weighted by molar-refractivity contribution is -0.161. The number of aryl methyl sites for hydroxylation is 1. The highest BCUT2D eigenvalue weighted by molar-refractivity contribution is 5.96. The minimum Gasteiger partial charge on any atom is -0.469 e. The Hall–Kier alpha value is -1.64. The zero-order valence-electron chi connectivity index (χ0n) is 17.1. The maximum Gasteiger partial charge on any atom is 0.311 e. The van der Waals surface area contributed by atoms with Crippen molar-refractivity contribution in [3.63, 3.8) is 0 Å². The molecule has 3 atom stereocenters. The number of carbonyl (C=O) groups excluding carboxylic acids is 2. The molecule has 0 bridgehead atoms. The third-order valence-corrected chi connectivity index (χ3v) is 7.18. The van der Waals surface area contributed by atoms with Crippen molar-refractivity contribution in [2.75, 3.05) is 7.11 Å². The van der Waals surface area contributed by atoms with Crippen molar-refractivity contribution in [2.45, 2.75) is 78.1 Å². The Morgan fingerprint density at radius 3 is 2.46 bits per heavy atom. The molecule has 3 rings (SSSR count). The maximum absolute atomic E-state index is 12.6. The van der Waals surface area contributed by atoms with E-state index in [4.69, 9.17) is 4.74 Å². The first-order valence-electron chi connectivity index (χ1n) is 9.91. The van der Waals surface area contributed by atoms with Crippen LogP contribution in [0, 0.1) is 11.3 Å². The third kappa shape index (κ3) is 2.71. The minimum absolute atomic E-state index is 0.0749. The van der Waals surface area contributed by atoms with Crippen LogP contribution in [0.4, 0.5) is 0 Å². The number of Topliss-reactive ketones (excluding diaryl/α,β-unsaturated/α-hetero) is 1. The molecule has 3 heteroatoms. The predicted molar refractivity (Wildman–Crippen MR) is 104 cm³/mol.